The number of hydrogen-bond donors (Lipinski definition) is 0. The minimum atomic E-state index is -1.84. The second kappa shape index (κ2) is 9.55. The summed E-state index contributed by atoms with van der Waals surface area (Å²) in [5, 5.41) is 1.50. The monoisotopic (exact) mass is 478 g/mol. The normalized spacial score (nSPS) is 36.5. The number of thioether (sulfide) groups is 2. The molecule has 0 spiro atoms. The van der Waals surface area contributed by atoms with Gasteiger partial charge < -0.3 is 14.2 Å². The molecule has 0 saturated carbocycles. The van der Waals surface area contributed by atoms with Crippen molar-refractivity contribution in [1.82, 2.24) is 0 Å². The minimum absolute atomic E-state index is 0.0326. The first-order chi connectivity index (χ1) is 14.7. The van der Waals surface area contributed by atoms with Crippen molar-refractivity contribution < 1.29 is 14.2 Å². The maximum Gasteiger partial charge on any atom is 0.164 e. The summed E-state index contributed by atoms with van der Waals surface area (Å²) in [5.41, 5.74) is 0.462. The molecule has 3 aliphatic heterocycles. The van der Waals surface area contributed by atoms with Gasteiger partial charge in [-0.2, -0.15) is 0 Å². The smallest absolute Gasteiger partial charge is 0.164 e. The summed E-state index contributed by atoms with van der Waals surface area (Å²) in [6, 6.07) is 11.1. The zero-order valence-corrected chi connectivity index (χ0v) is 22.2. The highest BCUT2D eigenvalue weighted by atomic mass is 32.2. The molecule has 3 fully saturated rings. The molecule has 0 bridgehead atoms. The highest BCUT2D eigenvalue weighted by Gasteiger charge is 2.57. The number of ether oxygens (including phenoxy) is 3. The molecule has 172 valence electrons. The molecule has 4 rings (SSSR count). The molecular formula is C25H38O3S2Si. The second-order valence-electron chi connectivity index (χ2n) is 10.2. The van der Waals surface area contributed by atoms with Gasteiger partial charge in [-0.3, -0.25) is 0 Å². The molecule has 0 amide bonds. The zero-order chi connectivity index (χ0) is 22.2. The summed E-state index contributed by atoms with van der Waals surface area (Å²) in [6.45, 7) is 15.5. The van der Waals surface area contributed by atoms with Crippen LogP contribution in [0.3, 0.4) is 0 Å². The molecule has 3 saturated heterocycles. The van der Waals surface area contributed by atoms with E-state index in [2.05, 4.69) is 80.5 Å². The van der Waals surface area contributed by atoms with Gasteiger partial charge in [0.2, 0.25) is 0 Å². The lowest BCUT2D eigenvalue weighted by Crippen LogP contribution is -2.53. The average Bonchev–Trinajstić information content (AvgIpc) is 3.25. The van der Waals surface area contributed by atoms with E-state index in [-0.39, 0.29) is 24.4 Å². The van der Waals surface area contributed by atoms with Gasteiger partial charge >= 0.3 is 0 Å². The van der Waals surface area contributed by atoms with Gasteiger partial charge in [0.15, 0.2) is 5.79 Å². The van der Waals surface area contributed by atoms with E-state index in [0.29, 0.717) is 16.0 Å². The number of hydrogen-bond acceptors (Lipinski definition) is 5. The zero-order valence-electron chi connectivity index (χ0n) is 19.6. The lowest BCUT2D eigenvalue weighted by Gasteiger charge is -2.38. The molecule has 3 aliphatic rings. The third-order valence-corrected chi connectivity index (χ3v) is 14.6. The van der Waals surface area contributed by atoms with Crippen LogP contribution in [0.2, 0.25) is 18.6 Å². The van der Waals surface area contributed by atoms with Crippen molar-refractivity contribution in [2.45, 2.75) is 87.0 Å². The van der Waals surface area contributed by atoms with Gasteiger partial charge in [0, 0.05) is 0 Å². The molecule has 3 heterocycles. The highest BCUT2D eigenvalue weighted by molar-refractivity contribution is 8.17. The first-order valence-corrected chi connectivity index (χ1v) is 16.8. The molecule has 0 N–H and O–H groups in total. The molecule has 0 aliphatic carbocycles. The summed E-state index contributed by atoms with van der Waals surface area (Å²) in [4.78, 5) is 0. The summed E-state index contributed by atoms with van der Waals surface area (Å²) in [5.74, 6) is 2.45. The molecule has 6 heteroatoms. The van der Waals surface area contributed by atoms with E-state index >= 15 is 0 Å². The third kappa shape index (κ3) is 4.99. The quantitative estimate of drug-likeness (QED) is 0.388. The summed E-state index contributed by atoms with van der Waals surface area (Å²) >= 11 is 4.24. The Bertz CT molecular complexity index is 750. The maximum absolute atomic E-state index is 6.96. The Kier molecular flexibility index (Phi) is 7.36. The fourth-order valence-electron chi connectivity index (χ4n) is 5.74. The van der Waals surface area contributed by atoms with Crippen LogP contribution in [0.15, 0.2) is 43.0 Å². The Morgan fingerprint density at radius 3 is 2.42 bits per heavy atom. The summed E-state index contributed by atoms with van der Waals surface area (Å²) in [6.07, 6.45) is 4.42. The average molecular weight is 479 g/mol. The summed E-state index contributed by atoms with van der Waals surface area (Å²) < 4.78 is 20.3. The van der Waals surface area contributed by atoms with Gasteiger partial charge in [-0.05, 0) is 49.7 Å². The fourth-order valence-corrected chi connectivity index (χ4v) is 12.7. The van der Waals surface area contributed by atoms with Gasteiger partial charge in [-0.15, -0.1) is 30.1 Å². The molecular weight excluding hydrogens is 440 g/mol. The van der Waals surface area contributed by atoms with E-state index in [4.69, 9.17) is 14.2 Å². The largest absolute Gasteiger partial charge is 0.372 e. The molecule has 1 aromatic carbocycles. The van der Waals surface area contributed by atoms with Crippen molar-refractivity contribution in [2.75, 3.05) is 11.5 Å². The van der Waals surface area contributed by atoms with Crippen molar-refractivity contribution in [3.8, 4) is 0 Å². The summed E-state index contributed by atoms with van der Waals surface area (Å²) in [7, 11) is -1.84. The van der Waals surface area contributed by atoms with Crippen molar-refractivity contribution in [2.24, 2.45) is 5.92 Å². The third-order valence-electron chi connectivity index (χ3n) is 7.23. The standard InChI is InChI=1S/C25H38O3S2Si/c1-7-19-22(28-25(3,4)27-19)23-24(31(5,6)18-12-9-8-10-13-18)17(2)20(26-23)16-21-29-14-11-15-30-21/h7-10,12-13,17,19-24H,1,11,14-16H2,2-6H3/t17-,19+,20-,22+,23-,24+/m0/s1. The van der Waals surface area contributed by atoms with E-state index in [1.54, 1.807) is 0 Å². The van der Waals surface area contributed by atoms with Crippen LogP contribution >= 0.6 is 23.5 Å². The number of benzene rings is 1. The van der Waals surface area contributed by atoms with Crippen molar-refractivity contribution in [1.29, 1.82) is 0 Å². The van der Waals surface area contributed by atoms with Gasteiger partial charge in [-0.1, -0.05) is 61.6 Å². The predicted molar refractivity (Wildman–Crippen MR) is 137 cm³/mol. The molecule has 0 aromatic heterocycles. The number of rotatable bonds is 6. The van der Waals surface area contributed by atoms with Crippen molar-refractivity contribution in [3.05, 3.63) is 43.0 Å². The van der Waals surface area contributed by atoms with Crippen LogP contribution in [0.25, 0.3) is 0 Å². The van der Waals surface area contributed by atoms with Gasteiger partial charge in [0.1, 0.15) is 12.2 Å². The SMILES string of the molecule is C=C[C@H]1OC(C)(C)O[C@H]1[C@@H]1O[C@@H](CC2SCCCS2)[C@H](C)[C@H]1[Si](C)(C)c1ccccc1. The molecule has 31 heavy (non-hydrogen) atoms. The van der Waals surface area contributed by atoms with Gasteiger partial charge in [-0.25, -0.2) is 0 Å². The molecule has 6 atom stereocenters. The van der Waals surface area contributed by atoms with Crippen LogP contribution < -0.4 is 5.19 Å². The van der Waals surface area contributed by atoms with Crippen LogP contribution in [-0.4, -0.2) is 54.4 Å². The fraction of sp³-hybridized carbons (Fsp3) is 0.680. The first kappa shape index (κ1) is 23.9. The Labute approximate surface area is 198 Å². The van der Waals surface area contributed by atoms with Crippen LogP contribution in [0, 0.1) is 5.92 Å². The Morgan fingerprint density at radius 2 is 1.77 bits per heavy atom. The van der Waals surface area contributed by atoms with E-state index < -0.39 is 13.9 Å². The lowest BCUT2D eigenvalue weighted by atomic mass is 9.95. The Balaban J connectivity index is 1.65. The minimum Gasteiger partial charge on any atom is -0.372 e. The van der Waals surface area contributed by atoms with Crippen molar-refractivity contribution in [3.63, 3.8) is 0 Å². The van der Waals surface area contributed by atoms with E-state index in [0.717, 1.165) is 6.42 Å². The molecule has 0 radical (unpaired) electrons. The van der Waals surface area contributed by atoms with Crippen LogP contribution in [0.4, 0.5) is 0 Å². The molecule has 3 nitrogen and oxygen atoms in total. The first-order valence-electron chi connectivity index (χ1n) is 11.7. The second-order valence-corrected chi connectivity index (χ2v) is 17.8. The van der Waals surface area contributed by atoms with Crippen molar-refractivity contribution >= 4 is 36.8 Å². The van der Waals surface area contributed by atoms with Crippen LogP contribution in [0.1, 0.15) is 33.6 Å². The van der Waals surface area contributed by atoms with Crippen LogP contribution in [0.5, 0.6) is 0 Å². The van der Waals surface area contributed by atoms with E-state index in [1.807, 2.05) is 19.9 Å². The lowest BCUT2D eigenvalue weighted by molar-refractivity contribution is -0.157. The van der Waals surface area contributed by atoms with E-state index in [9.17, 15) is 0 Å². The Hall–Kier alpha value is -0.243. The Morgan fingerprint density at radius 1 is 1.10 bits per heavy atom. The highest BCUT2D eigenvalue weighted by Crippen LogP contribution is 2.51. The van der Waals surface area contributed by atoms with E-state index in [1.165, 1.54) is 23.1 Å². The maximum atomic E-state index is 6.96. The van der Waals surface area contributed by atoms with Crippen LogP contribution in [-0.2, 0) is 14.2 Å². The van der Waals surface area contributed by atoms with Gasteiger partial charge in [0.25, 0.3) is 0 Å². The predicted octanol–water partition coefficient (Wildman–Crippen LogP) is 5.67. The molecule has 0 unspecified atom stereocenters. The van der Waals surface area contributed by atoms with Gasteiger partial charge in [0.05, 0.1) is 24.9 Å². The topological polar surface area (TPSA) is 27.7 Å². The molecule has 1 aromatic rings.